The highest BCUT2D eigenvalue weighted by molar-refractivity contribution is 9.10. The van der Waals surface area contributed by atoms with Gasteiger partial charge in [-0.2, -0.15) is 9.78 Å². The Morgan fingerprint density at radius 1 is 1.14 bits per heavy atom. The van der Waals surface area contributed by atoms with Crippen LogP contribution >= 0.6 is 44.7 Å². The first-order chi connectivity index (χ1) is 9.45. The van der Waals surface area contributed by atoms with Crippen molar-refractivity contribution >= 4 is 50.4 Å². The normalized spacial score (nSPS) is 14.2. The number of thioether (sulfide) groups is 1. The van der Waals surface area contributed by atoms with Crippen molar-refractivity contribution in [3.63, 3.8) is 0 Å². The number of hydrogen-bond acceptors (Lipinski definition) is 4. The van der Waals surface area contributed by atoms with E-state index in [1.54, 1.807) is 11.8 Å². The van der Waals surface area contributed by atoms with E-state index in [2.05, 4.69) is 59.0 Å². The highest BCUT2D eigenvalue weighted by atomic mass is 79.9. The molecule has 0 saturated carbocycles. The molecule has 21 heavy (non-hydrogen) atoms. The van der Waals surface area contributed by atoms with Gasteiger partial charge in [0.2, 0.25) is 5.16 Å². The zero-order valence-electron chi connectivity index (χ0n) is 12.0. The molecule has 0 amide bonds. The van der Waals surface area contributed by atoms with Crippen LogP contribution in [-0.4, -0.2) is 26.3 Å². The Balaban J connectivity index is 0.00000161. The lowest BCUT2D eigenvalue weighted by molar-refractivity contribution is 0.509. The summed E-state index contributed by atoms with van der Waals surface area (Å²) in [5.74, 6) is 1.72. The molecule has 0 atom stereocenters. The van der Waals surface area contributed by atoms with E-state index < -0.39 is 0 Å². The van der Waals surface area contributed by atoms with Crippen molar-refractivity contribution in [1.82, 2.24) is 14.9 Å². The van der Waals surface area contributed by atoms with E-state index in [9.17, 15) is 0 Å². The fourth-order valence-electron chi connectivity index (χ4n) is 1.98. The van der Waals surface area contributed by atoms with Crippen molar-refractivity contribution < 1.29 is 0 Å². The van der Waals surface area contributed by atoms with E-state index >= 15 is 0 Å². The second kappa shape index (κ2) is 6.22. The van der Waals surface area contributed by atoms with Gasteiger partial charge in [-0.25, -0.2) is 0 Å². The van der Waals surface area contributed by atoms with Gasteiger partial charge in [0.1, 0.15) is 0 Å². The average molecular weight is 432 g/mol. The van der Waals surface area contributed by atoms with E-state index in [4.69, 9.17) is 5.10 Å². The van der Waals surface area contributed by atoms with Crippen molar-refractivity contribution in [3.05, 3.63) is 40.1 Å². The quantitative estimate of drug-likeness (QED) is 0.676. The highest BCUT2D eigenvalue weighted by Gasteiger charge is 2.27. The third kappa shape index (κ3) is 3.40. The molecule has 4 nitrogen and oxygen atoms in total. The van der Waals surface area contributed by atoms with E-state index in [0.717, 1.165) is 32.5 Å². The Morgan fingerprint density at radius 2 is 1.81 bits per heavy atom. The van der Waals surface area contributed by atoms with Gasteiger partial charge in [0.05, 0.1) is 5.71 Å². The molecule has 1 aromatic carbocycles. The molecule has 2 heterocycles. The summed E-state index contributed by atoms with van der Waals surface area (Å²) in [4.78, 5) is 0. The first-order valence-corrected chi connectivity index (χ1v) is 8.15. The monoisotopic (exact) mass is 430 g/mol. The van der Waals surface area contributed by atoms with Gasteiger partial charge in [0.25, 0.3) is 0 Å². The Labute approximate surface area is 147 Å². The van der Waals surface area contributed by atoms with Gasteiger partial charge in [-0.1, -0.05) is 60.6 Å². The lowest BCUT2D eigenvalue weighted by Crippen LogP contribution is -2.21. The minimum atomic E-state index is -0.0719. The molecule has 2 aromatic rings. The molecule has 0 fully saturated rings. The summed E-state index contributed by atoms with van der Waals surface area (Å²) in [5.41, 5.74) is 2.12. The van der Waals surface area contributed by atoms with Gasteiger partial charge in [0.15, 0.2) is 5.82 Å². The van der Waals surface area contributed by atoms with Gasteiger partial charge in [-0.05, 0) is 17.7 Å². The van der Waals surface area contributed by atoms with Gasteiger partial charge in [-0.15, -0.1) is 27.2 Å². The lowest BCUT2D eigenvalue weighted by atomic mass is 9.96. The molecule has 7 heteroatoms. The van der Waals surface area contributed by atoms with Crippen LogP contribution in [0.15, 0.2) is 39.0 Å². The standard InChI is InChI=1S/C14H15BrN4S.BrH/c1-14(2,3)12-16-17-13-19(12)18-11(8-20-13)9-4-6-10(15)7-5-9;/h4-7H,8H2,1-3H3;1H. The highest BCUT2D eigenvalue weighted by Crippen LogP contribution is 2.29. The minimum absolute atomic E-state index is 0. The van der Waals surface area contributed by atoms with Crippen molar-refractivity contribution in [2.24, 2.45) is 5.10 Å². The van der Waals surface area contributed by atoms with Crippen LogP contribution in [0.2, 0.25) is 0 Å². The fraction of sp³-hybridized carbons (Fsp3) is 0.357. The van der Waals surface area contributed by atoms with Crippen LogP contribution in [0.25, 0.3) is 0 Å². The molecule has 0 unspecified atom stereocenters. The number of benzene rings is 1. The molecular weight excluding hydrogens is 416 g/mol. The van der Waals surface area contributed by atoms with Crippen LogP contribution in [0.3, 0.4) is 0 Å². The molecule has 0 N–H and O–H groups in total. The molecule has 0 bridgehead atoms. The van der Waals surface area contributed by atoms with Crippen LogP contribution in [0, 0.1) is 0 Å². The topological polar surface area (TPSA) is 43.1 Å². The van der Waals surface area contributed by atoms with E-state index in [0.29, 0.717) is 0 Å². The molecule has 1 aliphatic rings. The number of nitrogens with zero attached hydrogens (tertiary/aromatic N) is 4. The predicted octanol–water partition coefficient (Wildman–Crippen LogP) is 4.27. The zero-order chi connectivity index (χ0) is 14.3. The summed E-state index contributed by atoms with van der Waals surface area (Å²) in [7, 11) is 0. The van der Waals surface area contributed by atoms with Crippen LogP contribution in [0.5, 0.6) is 0 Å². The maximum absolute atomic E-state index is 4.74. The minimum Gasteiger partial charge on any atom is -0.191 e. The van der Waals surface area contributed by atoms with Crippen molar-refractivity contribution in [1.29, 1.82) is 0 Å². The van der Waals surface area contributed by atoms with E-state index in [1.165, 1.54) is 0 Å². The average Bonchev–Trinajstić information content (AvgIpc) is 2.82. The summed E-state index contributed by atoms with van der Waals surface area (Å²) < 4.78 is 2.96. The van der Waals surface area contributed by atoms with Gasteiger partial charge in [0, 0.05) is 15.6 Å². The van der Waals surface area contributed by atoms with Crippen molar-refractivity contribution in [3.8, 4) is 0 Å². The van der Waals surface area contributed by atoms with Crippen molar-refractivity contribution in [2.45, 2.75) is 31.3 Å². The predicted molar refractivity (Wildman–Crippen MR) is 95.8 cm³/mol. The largest absolute Gasteiger partial charge is 0.212 e. The van der Waals surface area contributed by atoms with Gasteiger partial charge < -0.3 is 0 Å². The third-order valence-electron chi connectivity index (χ3n) is 3.02. The second-order valence-corrected chi connectivity index (χ2v) is 7.57. The number of fused-ring (bicyclic) bond motifs is 1. The smallest absolute Gasteiger partial charge is 0.191 e. The van der Waals surface area contributed by atoms with Gasteiger partial charge in [-0.3, -0.25) is 0 Å². The molecule has 0 spiro atoms. The summed E-state index contributed by atoms with van der Waals surface area (Å²) in [6.07, 6.45) is 0. The summed E-state index contributed by atoms with van der Waals surface area (Å²) in [6.45, 7) is 6.37. The zero-order valence-corrected chi connectivity index (χ0v) is 16.1. The summed E-state index contributed by atoms with van der Waals surface area (Å²) in [5, 5.41) is 14.1. The first-order valence-electron chi connectivity index (χ1n) is 6.37. The Bertz CT molecular complexity index is 671. The molecule has 3 rings (SSSR count). The van der Waals surface area contributed by atoms with E-state index in [1.807, 2.05) is 16.8 Å². The molecule has 112 valence electrons. The van der Waals surface area contributed by atoms with Crippen LogP contribution in [-0.2, 0) is 5.41 Å². The maximum Gasteiger partial charge on any atom is 0.212 e. The molecule has 0 saturated heterocycles. The number of halogens is 2. The Morgan fingerprint density at radius 3 is 2.43 bits per heavy atom. The summed E-state index contributed by atoms with van der Waals surface area (Å²) >= 11 is 5.14. The van der Waals surface area contributed by atoms with Crippen LogP contribution in [0.1, 0.15) is 32.2 Å². The molecule has 1 aromatic heterocycles. The molecular formula is C14H16Br2N4S. The van der Waals surface area contributed by atoms with Crippen LogP contribution < -0.4 is 0 Å². The Hall–Kier alpha value is -0.660. The summed E-state index contributed by atoms with van der Waals surface area (Å²) in [6, 6.07) is 8.23. The first kappa shape index (κ1) is 16.7. The number of rotatable bonds is 1. The van der Waals surface area contributed by atoms with E-state index in [-0.39, 0.29) is 22.4 Å². The molecule has 1 aliphatic heterocycles. The third-order valence-corrected chi connectivity index (χ3v) is 4.48. The maximum atomic E-state index is 4.74. The molecule has 0 radical (unpaired) electrons. The fourth-order valence-corrected chi connectivity index (χ4v) is 3.08. The number of hydrogen-bond donors (Lipinski definition) is 0. The lowest BCUT2D eigenvalue weighted by Gasteiger charge is -2.19. The number of aromatic nitrogens is 3. The van der Waals surface area contributed by atoms with Crippen LogP contribution in [0.4, 0.5) is 0 Å². The van der Waals surface area contributed by atoms with Gasteiger partial charge >= 0.3 is 0 Å². The Kier molecular flexibility index (Phi) is 4.95. The SMILES string of the molecule is Br.CC(C)(C)c1nnc2n1N=C(c1ccc(Br)cc1)CS2. The van der Waals surface area contributed by atoms with Crippen molar-refractivity contribution in [2.75, 3.05) is 5.75 Å². The molecule has 0 aliphatic carbocycles. The second-order valence-electron chi connectivity index (χ2n) is 5.71.